The average molecular weight is 391 g/mol. The fourth-order valence-electron chi connectivity index (χ4n) is 1.72. The second-order valence-corrected chi connectivity index (χ2v) is 7.03. The van der Waals surface area contributed by atoms with Gasteiger partial charge >= 0.3 is 6.09 Å². The van der Waals surface area contributed by atoms with Crippen LogP contribution in [0.5, 0.6) is 5.75 Å². The van der Waals surface area contributed by atoms with Crippen LogP contribution in [0.15, 0.2) is 41.3 Å². The second-order valence-electron chi connectivity index (χ2n) is 4.53. The van der Waals surface area contributed by atoms with Crippen molar-refractivity contribution < 1.29 is 23.1 Å². The zero-order chi connectivity index (χ0) is 17.9. The van der Waals surface area contributed by atoms with Crippen molar-refractivity contribution in [3.05, 3.63) is 46.4 Å². The number of hydrogen-bond donors (Lipinski definition) is 3. The van der Waals surface area contributed by atoms with Crippen LogP contribution in [0, 0.1) is 0 Å². The number of phenols is 1. The Morgan fingerprint density at radius 2 is 1.62 bits per heavy atom. The Kier molecular flexibility index (Phi) is 5.43. The van der Waals surface area contributed by atoms with Gasteiger partial charge in [0.15, 0.2) is 5.75 Å². The fourth-order valence-corrected chi connectivity index (χ4v) is 3.25. The Labute approximate surface area is 148 Å². The maximum atomic E-state index is 12.3. The third-order valence-electron chi connectivity index (χ3n) is 2.87. The smallest absolute Gasteiger partial charge is 0.411 e. The third-order valence-corrected chi connectivity index (χ3v) is 4.84. The molecule has 24 heavy (non-hydrogen) atoms. The number of carbonyl (C=O) groups is 1. The number of rotatable bonds is 4. The molecule has 7 nitrogen and oxygen atoms in total. The Balaban J connectivity index is 2.23. The van der Waals surface area contributed by atoms with Crippen LogP contribution >= 0.6 is 23.2 Å². The lowest BCUT2D eigenvalue weighted by molar-refractivity contribution is 0.187. The van der Waals surface area contributed by atoms with Gasteiger partial charge in [-0.15, -0.1) is 0 Å². The van der Waals surface area contributed by atoms with Gasteiger partial charge in [-0.05, 0) is 36.4 Å². The van der Waals surface area contributed by atoms with Crippen molar-refractivity contribution >= 4 is 50.7 Å². The average Bonchev–Trinajstić information content (AvgIpc) is 2.52. The van der Waals surface area contributed by atoms with E-state index in [0.29, 0.717) is 5.69 Å². The van der Waals surface area contributed by atoms with Gasteiger partial charge in [0.05, 0.1) is 27.7 Å². The van der Waals surface area contributed by atoms with Gasteiger partial charge in [0.25, 0.3) is 10.0 Å². The molecule has 0 atom stereocenters. The van der Waals surface area contributed by atoms with E-state index >= 15 is 0 Å². The van der Waals surface area contributed by atoms with Crippen molar-refractivity contribution in [2.24, 2.45) is 0 Å². The summed E-state index contributed by atoms with van der Waals surface area (Å²) in [6.07, 6.45) is -0.669. The van der Waals surface area contributed by atoms with Crippen LogP contribution in [0.2, 0.25) is 10.0 Å². The predicted molar refractivity (Wildman–Crippen MR) is 91.4 cm³/mol. The molecule has 0 bridgehead atoms. The first kappa shape index (κ1) is 18.2. The van der Waals surface area contributed by atoms with Crippen LogP contribution in [-0.4, -0.2) is 26.7 Å². The molecule has 128 valence electrons. The predicted octanol–water partition coefficient (Wildman–Crippen LogP) is 3.68. The topological polar surface area (TPSA) is 105 Å². The zero-order valence-electron chi connectivity index (χ0n) is 12.2. The molecule has 1 amide bonds. The van der Waals surface area contributed by atoms with E-state index in [9.17, 15) is 18.3 Å². The van der Waals surface area contributed by atoms with Crippen molar-refractivity contribution in [2.75, 3.05) is 17.1 Å². The zero-order valence-corrected chi connectivity index (χ0v) is 14.5. The van der Waals surface area contributed by atoms with Crippen molar-refractivity contribution in [3.63, 3.8) is 0 Å². The second kappa shape index (κ2) is 7.16. The molecule has 0 saturated carbocycles. The largest absolute Gasteiger partial charge is 0.505 e. The maximum absolute atomic E-state index is 12.3. The number of methoxy groups -OCH3 is 1. The highest BCUT2D eigenvalue weighted by molar-refractivity contribution is 7.92. The van der Waals surface area contributed by atoms with E-state index in [0.717, 1.165) is 0 Å². The normalized spacial score (nSPS) is 11.0. The molecule has 0 aromatic heterocycles. The summed E-state index contributed by atoms with van der Waals surface area (Å²) in [6, 6.07) is 7.87. The highest BCUT2D eigenvalue weighted by Crippen LogP contribution is 2.35. The lowest BCUT2D eigenvalue weighted by Gasteiger charge is -2.10. The molecule has 10 heteroatoms. The van der Waals surface area contributed by atoms with Gasteiger partial charge < -0.3 is 9.84 Å². The summed E-state index contributed by atoms with van der Waals surface area (Å²) in [4.78, 5) is 11.0. The summed E-state index contributed by atoms with van der Waals surface area (Å²) in [5, 5.41) is 11.7. The molecule has 0 heterocycles. The van der Waals surface area contributed by atoms with Gasteiger partial charge in [-0.25, -0.2) is 13.2 Å². The molecule has 2 aromatic rings. The standard InChI is InChI=1S/C14H12Cl2N2O5S/c1-23-14(20)17-8-2-4-10(5-3-8)24(21,22)18-9-6-11(15)13(19)12(16)7-9/h2-7,18-19H,1H3,(H,17,20). The number of halogens is 2. The van der Waals surface area contributed by atoms with Crippen LogP contribution in [0.25, 0.3) is 0 Å². The first-order chi connectivity index (χ1) is 11.2. The van der Waals surface area contributed by atoms with Crippen LogP contribution in [0.3, 0.4) is 0 Å². The van der Waals surface area contributed by atoms with Gasteiger partial charge in [0.2, 0.25) is 0 Å². The summed E-state index contributed by atoms with van der Waals surface area (Å²) < 4.78 is 31.4. The molecule has 0 aliphatic carbocycles. The van der Waals surface area contributed by atoms with E-state index < -0.39 is 16.1 Å². The molecule has 0 unspecified atom stereocenters. The molecule has 0 radical (unpaired) electrons. The van der Waals surface area contributed by atoms with Gasteiger partial charge in [0, 0.05) is 5.69 Å². The summed E-state index contributed by atoms with van der Waals surface area (Å²) in [5.41, 5.74) is 0.469. The summed E-state index contributed by atoms with van der Waals surface area (Å²) in [5.74, 6) is -0.334. The summed E-state index contributed by atoms with van der Waals surface area (Å²) >= 11 is 11.5. The molecular weight excluding hydrogens is 379 g/mol. The number of aromatic hydroxyl groups is 1. The number of carbonyl (C=O) groups excluding carboxylic acids is 1. The van der Waals surface area contributed by atoms with Crippen LogP contribution < -0.4 is 10.0 Å². The first-order valence-corrected chi connectivity index (χ1v) is 8.62. The number of hydrogen-bond acceptors (Lipinski definition) is 5. The maximum Gasteiger partial charge on any atom is 0.411 e. The minimum atomic E-state index is -3.90. The SMILES string of the molecule is COC(=O)Nc1ccc(S(=O)(=O)Nc2cc(Cl)c(O)c(Cl)c2)cc1. The Hall–Kier alpha value is -2.16. The number of anilines is 2. The quantitative estimate of drug-likeness (QED) is 0.690. The van der Waals surface area contributed by atoms with Gasteiger partial charge in [-0.3, -0.25) is 10.0 Å². The monoisotopic (exact) mass is 390 g/mol. The van der Waals surface area contributed by atoms with Crippen molar-refractivity contribution in [1.82, 2.24) is 0 Å². The summed E-state index contributed by atoms with van der Waals surface area (Å²) in [7, 11) is -2.69. The highest BCUT2D eigenvalue weighted by atomic mass is 35.5. The molecule has 0 fully saturated rings. The molecule has 0 spiro atoms. The number of ether oxygens (including phenoxy) is 1. The van der Waals surface area contributed by atoms with Crippen LogP contribution in [0.4, 0.5) is 16.2 Å². The lowest BCUT2D eigenvalue weighted by Crippen LogP contribution is -2.14. The molecule has 0 aliphatic heterocycles. The molecule has 2 rings (SSSR count). The Morgan fingerprint density at radius 3 is 2.12 bits per heavy atom. The Bertz CT molecular complexity index is 846. The van der Waals surface area contributed by atoms with Crippen LogP contribution in [0.1, 0.15) is 0 Å². The van der Waals surface area contributed by atoms with Crippen LogP contribution in [-0.2, 0) is 14.8 Å². The number of nitrogens with one attached hydrogen (secondary N) is 2. The van der Waals surface area contributed by atoms with Crippen molar-refractivity contribution in [2.45, 2.75) is 4.90 Å². The molecule has 0 aliphatic rings. The lowest BCUT2D eigenvalue weighted by atomic mass is 10.3. The summed E-state index contributed by atoms with van der Waals surface area (Å²) in [6.45, 7) is 0. The van der Waals surface area contributed by atoms with E-state index in [1.807, 2.05) is 0 Å². The fraction of sp³-hybridized carbons (Fsp3) is 0.0714. The van der Waals surface area contributed by atoms with E-state index in [4.69, 9.17) is 23.2 Å². The van der Waals surface area contributed by atoms with E-state index in [2.05, 4.69) is 14.8 Å². The van der Waals surface area contributed by atoms with Gasteiger partial charge in [-0.2, -0.15) is 0 Å². The highest BCUT2D eigenvalue weighted by Gasteiger charge is 2.16. The molecule has 0 saturated heterocycles. The van der Waals surface area contributed by atoms with E-state index in [-0.39, 0.29) is 26.4 Å². The van der Waals surface area contributed by atoms with Gasteiger partial charge in [-0.1, -0.05) is 23.2 Å². The number of amides is 1. The number of benzene rings is 2. The number of sulfonamides is 1. The third kappa shape index (κ3) is 4.22. The first-order valence-electron chi connectivity index (χ1n) is 6.39. The van der Waals surface area contributed by atoms with Crippen molar-refractivity contribution in [1.29, 1.82) is 0 Å². The molecule has 2 aromatic carbocycles. The molecule has 3 N–H and O–H groups in total. The Morgan fingerprint density at radius 1 is 1.08 bits per heavy atom. The minimum Gasteiger partial charge on any atom is -0.505 e. The minimum absolute atomic E-state index is 0.0433. The van der Waals surface area contributed by atoms with Gasteiger partial charge in [0.1, 0.15) is 0 Å². The van der Waals surface area contributed by atoms with E-state index in [1.54, 1.807) is 0 Å². The van der Waals surface area contributed by atoms with Crippen molar-refractivity contribution in [3.8, 4) is 5.75 Å². The molecular formula is C14H12Cl2N2O5S. The number of phenolic OH excluding ortho intramolecular Hbond substituents is 1. The van der Waals surface area contributed by atoms with E-state index in [1.165, 1.54) is 43.5 Å².